The predicted molar refractivity (Wildman–Crippen MR) is 80.5 cm³/mol. The van der Waals surface area contributed by atoms with E-state index in [9.17, 15) is 20.0 Å². The molecule has 21 heavy (non-hydrogen) atoms. The fourth-order valence-electron chi connectivity index (χ4n) is 2.12. The second kappa shape index (κ2) is 6.87. The number of nitro benzene ring substituents is 1. The lowest BCUT2D eigenvalue weighted by molar-refractivity contribution is -0.384. The van der Waals surface area contributed by atoms with Crippen molar-refractivity contribution in [2.75, 3.05) is 6.54 Å². The number of nitrogens with one attached hydrogen (secondary N) is 1. The Balaban J connectivity index is 2.74. The van der Waals surface area contributed by atoms with E-state index in [0.29, 0.717) is 12.3 Å². The van der Waals surface area contributed by atoms with Crippen LogP contribution in [0.25, 0.3) is 0 Å². The number of nitro groups is 1. The number of carbonyl (C=O) groups is 1. The number of rotatable bonds is 6. The number of aliphatic hydroxyl groups is 1. The molecule has 0 saturated carbocycles. The Hall–Kier alpha value is -1.66. The van der Waals surface area contributed by atoms with Crippen molar-refractivity contribution in [1.82, 2.24) is 5.32 Å². The lowest BCUT2D eigenvalue weighted by Gasteiger charge is -2.25. The van der Waals surface area contributed by atoms with E-state index >= 15 is 0 Å². The van der Waals surface area contributed by atoms with Gasteiger partial charge in [0.25, 0.3) is 11.6 Å². The van der Waals surface area contributed by atoms with Crippen LogP contribution in [0.15, 0.2) is 18.2 Å². The van der Waals surface area contributed by atoms with E-state index in [1.165, 1.54) is 12.1 Å². The molecule has 1 amide bonds. The largest absolute Gasteiger partial charge is 0.388 e. The highest BCUT2D eigenvalue weighted by Gasteiger charge is 2.23. The smallest absolute Gasteiger partial charge is 0.270 e. The average Bonchev–Trinajstić information content (AvgIpc) is 2.34. The Morgan fingerprint density at radius 1 is 1.52 bits per heavy atom. The second-order valence-corrected chi connectivity index (χ2v) is 6.11. The number of non-ortho nitro benzene ring substituents is 1. The van der Waals surface area contributed by atoms with E-state index in [2.05, 4.69) is 5.32 Å². The monoisotopic (exact) mass is 314 g/mol. The molecular weight excluding hydrogens is 296 g/mol. The van der Waals surface area contributed by atoms with Gasteiger partial charge in [-0.3, -0.25) is 14.9 Å². The molecule has 0 fully saturated rings. The molecule has 0 aliphatic carbocycles. The molecule has 0 radical (unpaired) electrons. The van der Waals surface area contributed by atoms with Crippen molar-refractivity contribution >= 4 is 23.2 Å². The molecule has 2 N–H and O–H groups in total. The zero-order valence-corrected chi connectivity index (χ0v) is 13.0. The van der Waals surface area contributed by atoms with Crippen LogP contribution in [0.1, 0.15) is 37.6 Å². The average molecular weight is 315 g/mol. The highest BCUT2D eigenvalue weighted by Crippen LogP contribution is 2.22. The third kappa shape index (κ3) is 5.32. The lowest BCUT2D eigenvalue weighted by atomic mass is 9.94. The van der Waals surface area contributed by atoms with Gasteiger partial charge in [-0.05, 0) is 25.3 Å². The Kier molecular flexibility index (Phi) is 5.69. The van der Waals surface area contributed by atoms with Crippen molar-refractivity contribution in [3.8, 4) is 0 Å². The summed E-state index contributed by atoms with van der Waals surface area (Å²) in [5, 5.41) is 23.3. The maximum atomic E-state index is 12.0. The van der Waals surface area contributed by atoms with Crippen LogP contribution >= 0.6 is 11.6 Å². The van der Waals surface area contributed by atoms with Gasteiger partial charge in [0.2, 0.25) is 0 Å². The molecule has 1 aromatic carbocycles. The van der Waals surface area contributed by atoms with E-state index in [0.717, 1.165) is 6.07 Å². The zero-order chi connectivity index (χ0) is 16.2. The Bertz CT molecular complexity index is 544. The van der Waals surface area contributed by atoms with Crippen molar-refractivity contribution in [1.29, 1.82) is 0 Å². The molecule has 116 valence electrons. The maximum Gasteiger partial charge on any atom is 0.270 e. The fraction of sp³-hybridized carbons (Fsp3) is 0.500. The van der Waals surface area contributed by atoms with Crippen LogP contribution in [0.5, 0.6) is 0 Å². The molecule has 0 saturated heterocycles. The van der Waals surface area contributed by atoms with Crippen molar-refractivity contribution in [2.45, 2.75) is 32.8 Å². The number of benzene rings is 1. The SMILES string of the molecule is CC(C)CC(C)(O)CNC(=O)c1ccc([N+](=O)[O-])cc1Cl. The molecule has 0 aliphatic heterocycles. The first-order valence-electron chi connectivity index (χ1n) is 6.57. The van der Waals surface area contributed by atoms with Gasteiger partial charge in [-0.2, -0.15) is 0 Å². The highest BCUT2D eigenvalue weighted by atomic mass is 35.5. The summed E-state index contributed by atoms with van der Waals surface area (Å²) in [6.45, 7) is 5.68. The molecule has 6 nitrogen and oxygen atoms in total. The van der Waals surface area contributed by atoms with Crippen LogP contribution in [0.4, 0.5) is 5.69 Å². The van der Waals surface area contributed by atoms with Crippen molar-refractivity contribution in [2.24, 2.45) is 5.92 Å². The van der Waals surface area contributed by atoms with Crippen molar-refractivity contribution < 1.29 is 14.8 Å². The van der Waals surface area contributed by atoms with E-state index in [-0.39, 0.29) is 22.8 Å². The maximum absolute atomic E-state index is 12.0. The van der Waals surface area contributed by atoms with Crippen LogP contribution in [-0.2, 0) is 0 Å². The summed E-state index contributed by atoms with van der Waals surface area (Å²) < 4.78 is 0. The topological polar surface area (TPSA) is 92.5 Å². The van der Waals surface area contributed by atoms with Gasteiger partial charge in [-0.15, -0.1) is 0 Å². The van der Waals surface area contributed by atoms with Crippen LogP contribution in [0.3, 0.4) is 0 Å². The molecule has 0 aliphatic rings. The van der Waals surface area contributed by atoms with Gasteiger partial charge in [0.05, 0.1) is 21.1 Å². The van der Waals surface area contributed by atoms with Crippen LogP contribution in [-0.4, -0.2) is 28.1 Å². The molecule has 0 aromatic heterocycles. The summed E-state index contributed by atoms with van der Waals surface area (Å²) in [5.41, 5.74) is -1.05. The van der Waals surface area contributed by atoms with E-state index in [4.69, 9.17) is 11.6 Å². The molecule has 0 spiro atoms. The van der Waals surface area contributed by atoms with E-state index in [1.807, 2.05) is 13.8 Å². The quantitative estimate of drug-likeness (QED) is 0.623. The number of hydrogen-bond acceptors (Lipinski definition) is 4. The number of halogens is 1. The molecule has 1 atom stereocenters. The summed E-state index contributed by atoms with van der Waals surface area (Å²) in [7, 11) is 0. The van der Waals surface area contributed by atoms with Gasteiger partial charge in [0, 0.05) is 18.7 Å². The zero-order valence-electron chi connectivity index (χ0n) is 12.2. The van der Waals surface area contributed by atoms with Crippen LogP contribution in [0.2, 0.25) is 5.02 Å². The minimum absolute atomic E-state index is 0.00482. The third-order valence-electron chi connectivity index (χ3n) is 2.89. The molecule has 1 rings (SSSR count). The summed E-state index contributed by atoms with van der Waals surface area (Å²) in [6, 6.07) is 3.64. The number of nitrogens with zero attached hydrogens (tertiary/aromatic N) is 1. The van der Waals surface area contributed by atoms with Crippen molar-refractivity contribution in [3.63, 3.8) is 0 Å². The number of carbonyl (C=O) groups excluding carboxylic acids is 1. The van der Waals surface area contributed by atoms with Gasteiger partial charge >= 0.3 is 0 Å². The first-order valence-corrected chi connectivity index (χ1v) is 6.95. The number of amides is 1. The summed E-state index contributed by atoms with van der Waals surface area (Å²) in [5.74, 6) is -0.182. The molecule has 7 heteroatoms. The molecule has 0 heterocycles. The predicted octanol–water partition coefficient (Wildman–Crippen LogP) is 2.78. The molecular formula is C14H19ClN2O4. The first-order chi connectivity index (χ1) is 9.62. The Morgan fingerprint density at radius 2 is 2.14 bits per heavy atom. The first kappa shape index (κ1) is 17.4. The minimum Gasteiger partial charge on any atom is -0.388 e. The van der Waals surface area contributed by atoms with Gasteiger partial charge in [0.1, 0.15) is 0 Å². The van der Waals surface area contributed by atoms with Crippen LogP contribution in [0, 0.1) is 16.0 Å². The van der Waals surface area contributed by atoms with Gasteiger partial charge in [0.15, 0.2) is 0 Å². The Labute approximate surface area is 128 Å². The highest BCUT2D eigenvalue weighted by molar-refractivity contribution is 6.34. The molecule has 1 unspecified atom stereocenters. The molecule has 1 aromatic rings. The summed E-state index contributed by atoms with van der Waals surface area (Å²) in [4.78, 5) is 22.0. The summed E-state index contributed by atoms with van der Waals surface area (Å²) >= 11 is 5.87. The second-order valence-electron chi connectivity index (χ2n) is 5.70. The Morgan fingerprint density at radius 3 is 2.62 bits per heavy atom. The standard InChI is InChI=1S/C14H19ClN2O4/c1-9(2)7-14(3,19)8-16-13(18)11-5-4-10(17(20)21)6-12(11)15/h4-6,9,19H,7-8H2,1-3H3,(H,16,18). The van der Waals surface area contributed by atoms with Gasteiger partial charge in [-0.1, -0.05) is 25.4 Å². The van der Waals surface area contributed by atoms with Crippen LogP contribution < -0.4 is 5.32 Å². The number of hydrogen-bond donors (Lipinski definition) is 2. The van der Waals surface area contributed by atoms with Crippen molar-refractivity contribution in [3.05, 3.63) is 38.9 Å². The normalized spacial score (nSPS) is 13.8. The van der Waals surface area contributed by atoms with Gasteiger partial charge in [-0.25, -0.2) is 0 Å². The minimum atomic E-state index is -1.02. The summed E-state index contributed by atoms with van der Waals surface area (Å²) in [6.07, 6.45) is 0.543. The lowest BCUT2D eigenvalue weighted by Crippen LogP contribution is -2.41. The van der Waals surface area contributed by atoms with Gasteiger partial charge < -0.3 is 10.4 Å². The molecule has 0 bridgehead atoms. The fourth-order valence-corrected chi connectivity index (χ4v) is 2.38. The van der Waals surface area contributed by atoms with E-state index < -0.39 is 16.4 Å². The third-order valence-corrected chi connectivity index (χ3v) is 3.20. The van der Waals surface area contributed by atoms with E-state index in [1.54, 1.807) is 6.92 Å².